The molecule has 7 nitrogen and oxygen atoms in total. The lowest BCUT2D eigenvalue weighted by atomic mass is 9.79. The highest BCUT2D eigenvalue weighted by molar-refractivity contribution is 6.31. The summed E-state index contributed by atoms with van der Waals surface area (Å²) < 4.78 is 5.53. The van der Waals surface area contributed by atoms with Crippen LogP contribution in [0.5, 0.6) is 0 Å². The van der Waals surface area contributed by atoms with Gasteiger partial charge >= 0.3 is 0 Å². The van der Waals surface area contributed by atoms with Gasteiger partial charge in [0.05, 0.1) is 24.2 Å². The first-order valence-electron chi connectivity index (χ1n) is 12.9. The van der Waals surface area contributed by atoms with Crippen LogP contribution in [0, 0.1) is 5.41 Å². The second kappa shape index (κ2) is 10.3. The Labute approximate surface area is 223 Å². The molecule has 0 amide bonds. The number of benzene rings is 2. The van der Waals surface area contributed by atoms with E-state index in [0.717, 1.165) is 65.3 Å². The highest BCUT2D eigenvalue weighted by atomic mass is 35.5. The van der Waals surface area contributed by atoms with E-state index >= 15 is 0 Å². The van der Waals surface area contributed by atoms with Crippen molar-refractivity contribution in [3.63, 3.8) is 0 Å². The Morgan fingerprint density at radius 1 is 0.946 bits per heavy atom. The van der Waals surface area contributed by atoms with Crippen LogP contribution in [0.2, 0.25) is 5.02 Å². The third-order valence-electron chi connectivity index (χ3n) is 6.72. The predicted molar refractivity (Wildman–Crippen MR) is 154 cm³/mol. The van der Waals surface area contributed by atoms with Crippen molar-refractivity contribution in [2.45, 2.75) is 39.7 Å². The fraction of sp³-hybridized carbons (Fsp3) is 0.414. The molecule has 194 valence electrons. The quantitative estimate of drug-likeness (QED) is 0.280. The van der Waals surface area contributed by atoms with Crippen molar-refractivity contribution >= 4 is 50.9 Å². The number of pyridine rings is 1. The Morgan fingerprint density at radius 2 is 1.73 bits per heavy atom. The van der Waals surface area contributed by atoms with Crippen molar-refractivity contribution in [2.24, 2.45) is 5.41 Å². The van der Waals surface area contributed by atoms with E-state index in [2.05, 4.69) is 60.3 Å². The molecule has 0 unspecified atom stereocenters. The Kier molecular flexibility index (Phi) is 7.10. The summed E-state index contributed by atoms with van der Waals surface area (Å²) in [5.41, 5.74) is 2.69. The third kappa shape index (κ3) is 6.05. The molecule has 0 bridgehead atoms. The van der Waals surface area contributed by atoms with Gasteiger partial charge in [0.2, 0.25) is 5.95 Å². The number of halogens is 1. The van der Waals surface area contributed by atoms with Crippen molar-refractivity contribution in [1.29, 1.82) is 0 Å². The van der Waals surface area contributed by atoms with Gasteiger partial charge in [-0.2, -0.15) is 4.98 Å². The molecule has 1 fully saturated rings. The average molecular weight is 519 g/mol. The van der Waals surface area contributed by atoms with Gasteiger partial charge in [0, 0.05) is 52.9 Å². The molecule has 0 radical (unpaired) electrons. The van der Waals surface area contributed by atoms with Crippen LogP contribution in [-0.4, -0.2) is 53.3 Å². The standard InChI is InChI=1S/C29H35ClN6O/c1-28(2,19-32-23-11-12-31-25-17-20(30)9-10-21(23)25)18-29(3,4)35-26-22-7-5-6-8-24(22)33-27(34-26)36-13-15-37-16-14-36/h5-12,17H,13-16,18-19H2,1-4H3,(H,31,32)(H,33,34,35). The number of anilines is 3. The minimum absolute atomic E-state index is 0.00556. The van der Waals surface area contributed by atoms with Crippen LogP contribution < -0.4 is 15.5 Å². The first-order chi connectivity index (χ1) is 17.7. The molecule has 1 saturated heterocycles. The first-order valence-corrected chi connectivity index (χ1v) is 13.2. The van der Waals surface area contributed by atoms with Crippen molar-refractivity contribution in [2.75, 3.05) is 48.4 Å². The van der Waals surface area contributed by atoms with Crippen LogP contribution >= 0.6 is 11.6 Å². The lowest BCUT2D eigenvalue weighted by Crippen LogP contribution is -2.40. The summed E-state index contributed by atoms with van der Waals surface area (Å²) in [6.07, 6.45) is 2.75. The maximum atomic E-state index is 6.17. The number of para-hydroxylation sites is 1. The fourth-order valence-electron chi connectivity index (χ4n) is 5.30. The molecule has 5 rings (SSSR count). The van der Waals surface area contributed by atoms with Gasteiger partial charge in [-0.25, -0.2) is 4.98 Å². The topological polar surface area (TPSA) is 75.2 Å². The van der Waals surface area contributed by atoms with Crippen LogP contribution in [0.15, 0.2) is 54.7 Å². The number of fused-ring (bicyclic) bond motifs is 2. The lowest BCUT2D eigenvalue weighted by Gasteiger charge is -2.37. The van der Waals surface area contributed by atoms with Crippen LogP contribution in [0.3, 0.4) is 0 Å². The van der Waals surface area contributed by atoms with Gasteiger partial charge in [-0.1, -0.05) is 37.6 Å². The molecule has 0 spiro atoms. The molecule has 8 heteroatoms. The Hall–Kier alpha value is -3.16. The third-order valence-corrected chi connectivity index (χ3v) is 6.96. The highest BCUT2D eigenvalue weighted by Crippen LogP contribution is 2.34. The monoisotopic (exact) mass is 518 g/mol. The van der Waals surface area contributed by atoms with Gasteiger partial charge in [-0.05, 0) is 62.1 Å². The average Bonchev–Trinajstić information content (AvgIpc) is 2.87. The number of nitrogens with one attached hydrogen (secondary N) is 2. The minimum Gasteiger partial charge on any atom is -0.384 e. The van der Waals surface area contributed by atoms with Gasteiger partial charge in [-0.15, -0.1) is 0 Å². The molecule has 0 atom stereocenters. The molecular weight excluding hydrogens is 484 g/mol. The molecule has 1 aliphatic heterocycles. The highest BCUT2D eigenvalue weighted by Gasteiger charge is 2.30. The summed E-state index contributed by atoms with van der Waals surface area (Å²) in [5.74, 6) is 1.63. The molecule has 1 aliphatic rings. The van der Waals surface area contributed by atoms with Crippen LogP contribution in [-0.2, 0) is 4.74 Å². The SMILES string of the molecule is CC(C)(CNc1ccnc2cc(Cl)ccc12)CC(C)(C)Nc1nc(N2CCOCC2)nc2ccccc12. The number of nitrogens with zero attached hydrogens (tertiary/aromatic N) is 4. The zero-order valence-corrected chi connectivity index (χ0v) is 22.8. The minimum atomic E-state index is -0.210. The Bertz CT molecular complexity index is 1400. The normalized spacial score (nSPS) is 14.8. The summed E-state index contributed by atoms with van der Waals surface area (Å²) in [7, 11) is 0. The van der Waals surface area contributed by atoms with Crippen LogP contribution in [0.4, 0.5) is 17.5 Å². The van der Waals surface area contributed by atoms with Gasteiger partial charge < -0.3 is 20.3 Å². The van der Waals surface area contributed by atoms with Gasteiger partial charge in [0.15, 0.2) is 0 Å². The summed E-state index contributed by atoms with van der Waals surface area (Å²) in [4.78, 5) is 16.5. The molecule has 2 N–H and O–H groups in total. The van der Waals surface area contributed by atoms with Crippen LogP contribution in [0.1, 0.15) is 34.1 Å². The number of hydrogen-bond acceptors (Lipinski definition) is 7. The van der Waals surface area contributed by atoms with E-state index in [1.807, 2.05) is 42.6 Å². The van der Waals surface area contributed by atoms with Crippen LogP contribution in [0.25, 0.3) is 21.8 Å². The van der Waals surface area contributed by atoms with Crippen molar-refractivity contribution in [3.8, 4) is 0 Å². The molecule has 4 aromatic rings. The van der Waals surface area contributed by atoms with Crippen molar-refractivity contribution in [1.82, 2.24) is 15.0 Å². The molecule has 2 aromatic heterocycles. The maximum absolute atomic E-state index is 6.17. The summed E-state index contributed by atoms with van der Waals surface area (Å²) in [6, 6.07) is 16.1. The molecule has 0 saturated carbocycles. The van der Waals surface area contributed by atoms with E-state index in [4.69, 9.17) is 26.3 Å². The molecule has 2 aromatic carbocycles. The summed E-state index contributed by atoms with van der Waals surface area (Å²) in [5, 5.41) is 10.2. The zero-order chi connectivity index (χ0) is 26.0. The van der Waals surface area contributed by atoms with Crippen molar-refractivity contribution < 1.29 is 4.74 Å². The van der Waals surface area contributed by atoms with E-state index in [1.165, 1.54) is 0 Å². The number of aromatic nitrogens is 3. The Morgan fingerprint density at radius 3 is 2.54 bits per heavy atom. The molecule has 3 heterocycles. The van der Waals surface area contributed by atoms with Crippen molar-refractivity contribution in [3.05, 3.63) is 59.8 Å². The van der Waals surface area contributed by atoms with E-state index in [-0.39, 0.29) is 11.0 Å². The number of ether oxygens (including phenoxy) is 1. The van der Waals surface area contributed by atoms with Gasteiger partial charge in [0.1, 0.15) is 5.82 Å². The molecule has 0 aliphatic carbocycles. The second-order valence-corrected chi connectivity index (χ2v) is 11.6. The van der Waals surface area contributed by atoms with E-state index in [1.54, 1.807) is 0 Å². The fourth-order valence-corrected chi connectivity index (χ4v) is 5.46. The summed E-state index contributed by atoms with van der Waals surface area (Å²) >= 11 is 6.17. The smallest absolute Gasteiger partial charge is 0.228 e. The largest absolute Gasteiger partial charge is 0.384 e. The lowest BCUT2D eigenvalue weighted by molar-refractivity contribution is 0.122. The molecule has 37 heavy (non-hydrogen) atoms. The Balaban J connectivity index is 1.33. The van der Waals surface area contributed by atoms with Gasteiger partial charge in [0.25, 0.3) is 0 Å². The summed E-state index contributed by atoms with van der Waals surface area (Å²) in [6.45, 7) is 12.9. The van der Waals surface area contributed by atoms with E-state index in [9.17, 15) is 0 Å². The first kappa shape index (κ1) is 25.5. The number of morpholine rings is 1. The maximum Gasteiger partial charge on any atom is 0.228 e. The number of hydrogen-bond donors (Lipinski definition) is 2. The zero-order valence-electron chi connectivity index (χ0n) is 22.0. The van der Waals surface area contributed by atoms with E-state index < -0.39 is 0 Å². The van der Waals surface area contributed by atoms with Gasteiger partial charge in [-0.3, -0.25) is 4.98 Å². The molecular formula is C29H35ClN6O. The van der Waals surface area contributed by atoms with E-state index in [0.29, 0.717) is 18.2 Å². The number of rotatable bonds is 8. The predicted octanol–water partition coefficient (Wildman–Crippen LogP) is 6.39. The second-order valence-electron chi connectivity index (χ2n) is 11.2.